The molecule has 0 unspecified atom stereocenters. The van der Waals surface area contributed by atoms with Crippen molar-refractivity contribution in [1.29, 1.82) is 0 Å². The molecule has 0 saturated carbocycles. The maximum atomic E-state index is 12.9. The minimum Gasteiger partial charge on any atom is -0.439 e. The number of nitrogens with one attached hydrogen (secondary N) is 1. The molecule has 2 fully saturated rings. The quantitative estimate of drug-likeness (QED) is 0.899. The molecule has 10 heteroatoms. The van der Waals surface area contributed by atoms with E-state index in [9.17, 15) is 27.6 Å². The van der Waals surface area contributed by atoms with Crippen molar-refractivity contribution in [3.8, 4) is 0 Å². The molecule has 3 rings (SSSR count). The van der Waals surface area contributed by atoms with Gasteiger partial charge in [0.25, 0.3) is 5.91 Å². The lowest BCUT2D eigenvalue weighted by atomic mass is 10.00. The summed E-state index contributed by atoms with van der Waals surface area (Å²) in [5.74, 6) is -0.565. The first-order valence-electron chi connectivity index (χ1n) is 7.45. The number of carbonyl (C=O) groups excluding carboxylic acids is 3. The van der Waals surface area contributed by atoms with Gasteiger partial charge in [0.05, 0.1) is 11.3 Å². The van der Waals surface area contributed by atoms with Gasteiger partial charge in [-0.1, -0.05) is 12.1 Å². The van der Waals surface area contributed by atoms with Crippen LogP contribution in [0.25, 0.3) is 0 Å². The second-order valence-electron chi connectivity index (χ2n) is 5.80. The molecular formula is C15H14F3N3O4. The van der Waals surface area contributed by atoms with Crippen molar-refractivity contribution in [2.75, 3.05) is 31.6 Å². The van der Waals surface area contributed by atoms with E-state index in [1.807, 2.05) is 0 Å². The van der Waals surface area contributed by atoms with Gasteiger partial charge in [-0.2, -0.15) is 13.2 Å². The number of likely N-dealkylation sites (tertiary alicyclic amines) is 1. The Morgan fingerprint density at radius 1 is 1.24 bits per heavy atom. The zero-order valence-corrected chi connectivity index (χ0v) is 12.9. The van der Waals surface area contributed by atoms with Crippen LogP contribution < -0.4 is 5.32 Å². The molecule has 2 saturated heterocycles. The molecule has 0 aromatic heterocycles. The molecule has 4 amide bonds. The number of para-hydroxylation sites is 1. The lowest BCUT2D eigenvalue weighted by Crippen LogP contribution is -2.55. The Kier molecular flexibility index (Phi) is 4.27. The lowest BCUT2D eigenvalue weighted by molar-refractivity contribution is -0.137. The van der Waals surface area contributed by atoms with Gasteiger partial charge in [-0.15, -0.1) is 0 Å². The number of benzene rings is 1. The van der Waals surface area contributed by atoms with Crippen molar-refractivity contribution >= 4 is 23.7 Å². The van der Waals surface area contributed by atoms with Gasteiger partial charge in [0.1, 0.15) is 0 Å². The zero-order chi connectivity index (χ0) is 18.2. The highest BCUT2D eigenvalue weighted by Crippen LogP contribution is 2.34. The summed E-state index contributed by atoms with van der Waals surface area (Å²) in [6, 6.07) is 4.04. The smallest absolute Gasteiger partial charge is 0.418 e. The SMILES string of the molecule is O=C(Nc1ccccc1C(F)(F)F)N1CC(CN2C(=O)COC2=O)C1. The molecule has 0 atom stereocenters. The van der Waals surface area contributed by atoms with Crippen LogP contribution in [0.3, 0.4) is 0 Å². The number of anilines is 1. The number of alkyl halides is 3. The molecule has 2 aliphatic rings. The van der Waals surface area contributed by atoms with E-state index < -0.39 is 29.8 Å². The Morgan fingerprint density at radius 3 is 2.52 bits per heavy atom. The summed E-state index contributed by atoms with van der Waals surface area (Å²) in [5, 5.41) is 2.25. The van der Waals surface area contributed by atoms with Crippen LogP contribution in [-0.4, -0.2) is 54.1 Å². The topological polar surface area (TPSA) is 79.0 Å². The molecule has 2 heterocycles. The average Bonchev–Trinajstić information content (AvgIpc) is 2.81. The van der Waals surface area contributed by atoms with Crippen molar-refractivity contribution in [3.05, 3.63) is 29.8 Å². The molecule has 1 aromatic rings. The Labute approximate surface area is 140 Å². The Balaban J connectivity index is 1.55. The van der Waals surface area contributed by atoms with Crippen molar-refractivity contribution in [2.24, 2.45) is 5.92 Å². The van der Waals surface area contributed by atoms with Crippen LogP contribution in [0.4, 0.5) is 28.4 Å². The van der Waals surface area contributed by atoms with Crippen LogP contribution in [-0.2, 0) is 15.7 Å². The minimum atomic E-state index is -4.57. The summed E-state index contributed by atoms with van der Waals surface area (Å²) in [5.41, 5.74) is -1.24. The van der Waals surface area contributed by atoms with Gasteiger partial charge >= 0.3 is 18.3 Å². The maximum absolute atomic E-state index is 12.9. The van der Waals surface area contributed by atoms with E-state index in [2.05, 4.69) is 10.1 Å². The van der Waals surface area contributed by atoms with E-state index in [0.717, 1.165) is 11.0 Å². The molecular weight excluding hydrogens is 343 g/mol. The van der Waals surface area contributed by atoms with Crippen LogP contribution in [0.15, 0.2) is 24.3 Å². The molecule has 0 bridgehead atoms. The first-order valence-corrected chi connectivity index (χ1v) is 7.45. The molecule has 7 nitrogen and oxygen atoms in total. The number of imide groups is 1. The number of hydrogen-bond donors (Lipinski definition) is 1. The fourth-order valence-corrected chi connectivity index (χ4v) is 2.70. The van der Waals surface area contributed by atoms with Gasteiger partial charge < -0.3 is 15.0 Å². The minimum absolute atomic E-state index is 0.126. The molecule has 25 heavy (non-hydrogen) atoms. The number of cyclic esters (lactones) is 1. The van der Waals surface area contributed by atoms with Crippen LogP contribution in [0.1, 0.15) is 5.56 Å². The average molecular weight is 357 g/mol. The fourth-order valence-electron chi connectivity index (χ4n) is 2.70. The molecule has 1 aromatic carbocycles. The predicted molar refractivity (Wildman–Crippen MR) is 78.6 cm³/mol. The second kappa shape index (κ2) is 6.26. The first-order chi connectivity index (χ1) is 11.8. The van der Waals surface area contributed by atoms with Crippen LogP contribution in [0.5, 0.6) is 0 Å². The third kappa shape index (κ3) is 3.52. The normalized spacial score (nSPS) is 18.2. The van der Waals surface area contributed by atoms with Crippen molar-refractivity contribution in [3.63, 3.8) is 0 Å². The highest BCUT2D eigenvalue weighted by atomic mass is 19.4. The predicted octanol–water partition coefficient (Wildman–Crippen LogP) is 2.15. The first kappa shape index (κ1) is 17.1. The van der Waals surface area contributed by atoms with E-state index in [0.29, 0.717) is 0 Å². The summed E-state index contributed by atoms with van der Waals surface area (Å²) in [7, 11) is 0. The molecule has 2 aliphatic heterocycles. The monoisotopic (exact) mass is 357 g/mol. The molecule has 0 aliphatic carbocycles. The van der Waals surface area contributed by atoms with E-state index in [-0.39, 0.29) is 37.8 Å². The summed E-state index contributed by atoms with van der Waals surface area (Å²) < 4.78 is 43.3. The number of hydrogen-bond acceptors (Lipinski definition) is 4. The molecule has 1 N–H and O–H groups in total. The second-order valence-corrected chi connectivity index (χ2v) is 5.80. The van der Waals surface area contributed by atoms with Crippen LogP contribution in [0.2, 0.25) is 0 Å². The fraction of sp³-hybridized carbons (Fsp3) is 0.400. The zero-order valence-electron chi connectivity index (χ0n) is 12.9. The molecule has 0 radical (unpaired) electrons. The van der Waals surface area contributed by atoms with Crippen molar-refractivity contribution in [2.45, 2.75) is 6.18 Å². The number of nitrogens with zero attached hydrogens (tertiary/aromatic N) is 2. The summed E-state index contributed by atoms with van der Waals surface area (Å²) in [6.07, 6.45) is -5.29. The van der Waals surface area contributed by atoms with E-state index in [4.69, 9.17) is 0 Å². The Morgan fingerprint density at radius 2 is 1.92 bits per heavy atom. The van der Waals surface area contributed by atoms with Crippen LogP contribution >= 0.6 is 0 Å². The highest BCUT2D eigenvalue weighted by Gasteiger charge is 2.39. The number of carbonyl (C=O) groups is 3. The molecule has 134 valence electrons. The highest BCUT2D eigenvalue weighted by molar-refractivity contribution is 5.97. The van der Waals surface area contributed by atoms with Gasteiger partial charge in [0.2, 0.25) is 0 Å². The van der Waals surface area contributed by atoms with Crippen molar-refractivity contribution in [1.82, 2.24) is 9.80 Å². The summed E-state index contributed by atoms with van der Waals surface area (Å²) >= 11 is 0. The largest absolute Gasteiger partial charge is 0.439 e. The van der Waals surface area contributed by atoms with E-state index >= 15 is 0 Å². The third-order valence-electron chi connectivity index (χ3n) is 4.00. The maximum Gasteiger partial charge on any atom is 0.418 e. The number of rotatable bonds is 3. The number of ether oxygens (including phenoxy) is 1. The van der Waals surface area contributed by atoms with Gasteiger partial charge in [0, 0.05) is 25.6 Å². The number of amides is 4. The Hall–Kier alpha value is -2.78. The van der Waals surface area contributed by atoms with E-state index in [1.165, 1.54) is 23.1 Å². The van der Waals surface area contributed by atoms with Gasteiger partial charge in [-0.3, -0.25) is 4.79 Å². The number of urea groups is 1. The standard InChI is InChI=1S/C15H14F3N3O4/c16-15(17,18)10-3-1-2-4-11(10)19-13(23)20-5-9(6-20)7-21-12(22)8-25-14(21)24/h1-4,9H,5-8H2,(H,19,23). The van der Waals surface area contributed by atoms with Crippen LogP contribution in [0, 0.1) is 5.92 Å². The Bertz CT molecular complexity index is 700. The van der Waals surface area contributed by atoms with Gasteiger partial charge in [-0.05, 0) is 12.1 Å². The van der Waals surface area contributed by atoms with Gasteiger partial charge in [-0.25, -0.2) is 14.5 Å². The summed E-state index contributed by atoms with van der Waals surface area (Å²) in [4.78, 5) is 37.1. The summed E-state index contributed by atoms with van der Waals surface area (Å²) in [6.45, 7) is 0.304. The van der Waals surface area contributed by atoms with Crippen molar-refractivity contribution < 1.29 is 32.3 Å². The lowest BCUT2D eigenvalue weighted by Gasteiger charge is -2.40. The van der Waals surface area contributed by atoms with E-state index in [1.54, 1.807) is 0 Å². The van der Waals surface area contributed by atoms with Gasteiger partial charge in [0.15, 0.2) is 6.61 Å². The number of halogens is 3. The third-order valence-corrected chi connectivity index (χ3v) is 4.00. The molecule has 0 spiro atoms.